The van der Waals surface area contributed by atoms with Crippen LogP contribution in [0.5, 0.6) is 5.75 Å². The molecular weight excluding hydrogens is 390 g/mol. The summed E-state index contributed by atoms with van der Waals surface area (Å²) in [6.07, 6.45) is 1.70. The minimum Gasteiger partial charge on any atom is -0.507 e. The third-order valence-corrected chi connectivity index (χ3v) is 6.18. The zero-order valence-electron chi connectivity index (χ0n) is 17.4. The van der Waals surface area contributed by atoms with E-state index in [9.17, 15) is 9.90 Å². The number of hydrogen-bond donors (Lipinski definition) is 4. The lowest BCUT2D eigenvalue weighted by atomic mass is 10.0. The predicted molar refractivity (Wildman–Crippen MR) is 120 cm³/mol. The van der Waals surface area contributed by atoms with Gasteiger partial charge in [-0.25, -0.2) is 0 Å². The molecule has 1 amide bonds. The number of aromatic hydroxyl groups is 1. The van der Waals surface area contributed by atoms with Crippen molar-refractivity contribution in [1.29, 1.82) is 0 Å². The lowest BCUT2D eigenvalue weighted by Crippen LogP contribution is -2.44. The van der Waals surface area contributed by atoms with E-state index in [1.54, 1.807) is 12.1 Å². The molecule has 2 aliphatic rings. The number of carbonyl (C=O) groups is 1. The fourth-order valence-corrected chi connectivity index (χ4v) is 4.51. The number of piperazine rings is 1. The van der Waals surface area contributed by atoms with Crippen molar-refractivity contribution in [3.8, 4) is 28.3 Å². The van der Waals surface area contributed by atoms with Crippen molar-refractivity contribution in [3.63, 3.8) is 0 Å². The van der Waals surface area contributed by atoms with Crippen LogP contribution in [0.15, 0.2) is 42.5 Å². The molecule has 1 saturated heterocycles. The third-order valence-electron chi connectivity index (χ3n) is 6.18. The molecule has 0 bridgehead atoms. The van der Waals surface area contributed by atoms with Crippen molar-refractivity contribution in [2.45, 2.75) is 12.8 Å². The Morgan fingerprint density at radius 1 is 1.16 bits per heavy atom. The molecule has 1 aromatic heterocycles. The Kier molecular flexibility index (Phi) is 5.44. The second-order valence-corrected chi connectivity index (χ2v) is 8.19. The van der Waals surface area contributed by atoms with E-state index in [0.717, 1.165) is 68.1 Å². The first-order chi connectivity index (χ1) is 15.2. The summed E-state index contributed by atoms with van der Waals surface area (Å²) in [5, 5.41) is 24.3. The maximum atomic E-state index is 12.7. The minimum atomic E-state index is -0.255. The summed E-state index contributed by atoms with van der Waals surface area (Å²) < 4.78 is 0. The van der Waals surface area contributed by atoms with Gasteiger partial charge in [0.15, 0.2) is 0 Å². The molecule has 0 spiro atoms. The van der Waals surface area contributed by atoms with Crippen LogP contribution in [0.3, 0.4) is 0 Å². The van der Waals surface area contributed by atoms with Crippen LogP contribution in [0.25, 0.3) is 22.5 Å². The number of rotatable bonds is 6. The average molecular weight is 418 g/mol. The first-order valence-corrected chi connectivity index (χ1v) is 10.9. The highest BCUT2D eigenvalue weighted by atomic mass is 16.3. The number of aromatic nitrogens is 2. The van der Waals surface area contributed by atoms with Gasteiger partial charge in [0.1, 0.15) is 5.75 Å². The molecule has 5 rings (SSSR count). The van der Waals surface area contributed by atoms with E-state index in [0.29, 0.717) is 6.54 Å². The number of benzene rings is 2. The summed E-state index contributed by atoms with van der Waals surface area (Å²) in [6, 6.07) is 13.4. The number of H-pyrrole nitrogens is 1. The highest BCUT2D eigenvalue weighted by Gasteiger charge is 2.25. The van der Waals surface area contributed by atoms with Crippen LogP contribution in [0.1, 0.15) is 27.9 Å². The fraction of sp³-hybridized carbons (Fsp3) is 0.333. The maximum absolute atomic E-state index is 12.7. The average Bonchev–Trinajstić information content (AvgIpc) is 3.37. The quantitative estimate of drug-likeness (QED) is 0.362. The van der Waals surface area contributed by atoms with Gasteiger partial charge in [-0.15, -0.1) is 0 Å². The van der Waals surface area contributed by atoms with Crippen LogP contribution in [-0.2, 0) is 6.42 Å². The zero-order chi connectivity index (χ0) is 21.2. The van der Waals surface area contributed by atoms with Gasteiger partial charge < -0.3 is 20.6 Å². The van der Waals surface area contributed by atoms with Gasteiger partial charge in [-0.3, -0.25) is 9.89 Å². The number of nitrogens with one attached hydrogen (secondary N) is 3. The van der Waals surface area contributed by atoms with E-state index in [1.807, 2.05) is 18.2 Å². The van der Waals surface area contributed by atoms with E-state index < -0.39 is 0 Å². The van der Waals surface area contributed by atoms with E-state index in [1.165, 1.54) is 11.1 Å². The van der Waals surface area contributed by atoms with Crippen LogP contribution < -0.4 is 10.6 Å². The van der Waals surface area contributed by atoms with E-state index >= 15 is 0 Å². The Labute approximate surface area is 181 Å². The standard InChI is InChI=1S/C24H27N5O2/c30-21-7-6-17(22-20-14-16-4-1-2-5-18(16)23(20)28-27-22)15-19(21)24(31)26-8-3-11-29-12-9-25-10-13-29/h1-2,4-7,15,25,30H,3,8-14H2,(H,26,31)(H,27,28). The number of phenols is 1. The number of carbonyl (C=O) groups excluding carboxylic acids is 1. The van der Waals surface area contributed by atoms with E-state index in [-0.39, 0.29) is 17.2 Å². The summed E-state index contributed by atoms with van der Waals surface area (Å²) in [5.41, 5.74) is 6.57. The van der Waals surface area contributed by atoms with Gasteiger partial charge in [0.05, 0.1) is 17.0 Å². The van der Waals surface area contributed by atoms with Crippen LogP contribution in [-0.4, -0.2) is 65.4 Å². The molecule has 0 saturated carbocycles. The summed E-state index contributed by atoms with van der Waals surface area (Å²) in [7, 11) is 0. The van der Waals surface area contributed by atoms with Gasteiger partial charge in [0, 0.05) is 55.8 Å². The number of aromatic amines is 1. The minimum absolute atomic E-state index is 0.0150. The van der Waals surface area contributed by atoms with Crippen LogP contribution >= 0.6 is 0 Å². The van der Waals surface area contributed by atoms with Crippen molar-refractivity contribution < 1.29 is 9.90 Å². The van der Waals surface area contributed by atoms with E-state index in [4.69, 9.17) is 0 Å². The number of amides is 1. The number of nitrogens with zero attached hydrogens (tertiary/aromatic N) is 2. The zero-order valence-corrected chi connectivity index (χ0v) is 17.4. The smallest absolute Gasteiger partial charge is 0.255 e. The molecule has 7 nitrogen and oxygen atoms in total. The molecule has 1 fully saturated rings. The van der Waals surface area contributed by atoms with Crippen LogP contribution in [0.4, 0.5) is 0 Å². The molecule has 2 aromatic carbocycles. The van der Waals surface area contributed by atoms with Crippen molar-refractivity contribution >= 4 is 5.91 Å². The normalized spacial score (nSPS) is 15.5. The second-order valence-electron chi connectivity index (χ2n) is 8.19. The Bertz CT molecular complexity index is 1100. The summed E-state index contributed by atoms with van der Waals surface area (Å²) in [5.74, 6) is -0.269. The molecule has 4 N–H and O–H groups in total. The van der Waals surface area contributed by atoms with Gasteiger partial charge in [-0.2, -0.15) is 5.10 Å². The molecule has 1 aliphatic heterocycles. The van der Waals surface area contributed by atoms with Crippen molar-refractivity contribution in [2.75, 3.05) is 39.3 Å². The monoisotopic (exact) mass is 417 g/mol. The first kappa shape index (κ1) is 19.8. The third kappa shape index (κ3) is 3.94. The first-order valence-electron chi connectivity index (χ1n) is 10.9. The predicted octanol–water partition coefficient (Wildman–Crippen LogP) is 2.38. The van der Waals surface area contributed by atoms with Crippen LogP contribution in [0, 0.1) is 0 Å². The number of phenolic OH excluding ortho intramolecular Hbond substituents is 1. The Morgan fingerprint density at radius 2 is 2.00 bits per heavy atom. The molecule has 31 heavy (non-hydrogen) atoms. The summed E-state index contributed by atoms with van der Waals surface area (Å²) >= 11 is 0. The highest BCUT2D eigenvalue weighted by molar-refractivity contribution is 5.98. The number of hydrogen-bond acceptors (Lipinski definition) is 5. The lowest BCUT2D eigenvalue weighted by molar-refractivity contribution is 0.0948. The van der Waals surface area contributed by atoms with Crippen molar-refractivity contribution in [1.82, 2.24) is 25.7 Å². The molecule has 1 aliphatic carbocycles. The molecule has 0 unspecified atom stereocenters. The van der Waals surface area contributed by atoms with Gasteiger partial charge in [-0.1, -0.05) is 24.3 Å². The lowest BCUT2D eigenvalue weighted by Gasteiger charge is -2.27. The maximum Gasteiger partial charge on any atom is 0.255 e. The summed E-state index contributed by atoms with van der Waals surface area (Å²) in [4.78, 5) is 15.1. The molecule has 7 heteroatoms. The molecule has 2 heterocycles. The topological polar surface area (TPSA) is 93.3 Å². The Hall–Kier alpha value is -3.16. The molecule has 0 radical (unpaired) electrons. The fourth-order valence-electron chi connectivity index (χ4n) is 4.51. The molecular formula is C24H27N5O2. The SMILES string of the molecule is O=C(NCCCN1CCNCC1)c1cc(-c2n[nH]c3c2Cc2ccccc2-3)ccc1O. The highest BCUT2D eigenvalue weighted by Crippen LogP contribution is 2.40. The van der Waals surface area contributed by atoms with Crippen LogP contribution in [0.2, 0.25) is 0 Å². The van der Waals surface area contributed by atoms with E-state index in [2.05, 4.69) is 37.9 Å². The summed E-state index contributed by atoms with van der Waals surface area (Å²) in [6.45, 7) is 5.70. The molecule has 0 atom stereocenters. The largest absolute Gasteiger partial charge is 0.507 e. The molecule has 3 aromatic rings. The van der Waals surface area contributed by atoms with Gasteiger partial charge in [0.25, 0.3) is 5.91 Å². The van der Waals surface area contributed by atoms with Crippen molar-refractivity contribution in [2.24, 2.45) is 0 Å². The van der Waals surface area contributed by atoms with Gasteiger partial charge in [0.2, 0.25) is 0 Å². The number of fused-ring (bicyclic) bond motifs is 3. The molecule has 160 valence electrons. The second kappa shape index (κ2) is 8.53. The Morgan fingerprint density at radius 3 is 2.87 bits per heavy atom. The Balaban J connectivity index is 1.28. The van der Waals surface area contributed by atoms with Crippen molar-refractivity contribution in [3.05, 3.63) is 59.2 Å². The van der Waals surface area contributed by atoms with Gasteiger partial charge >= 0.3 is 0 Å². The van der Waals surface area contributed by atoms with Gasteiger partial charge in [-0.05, 0) is 36.7 Å².